The van der Waals surface area contributed by atoms with E-state index >= 15 is 0 Å². The highest BCUT2D eigenvalue weighted by molar-refractivity contribution is 6.09. The summed E-state index contributed by atoms with van der Waals surface area (Å²) in [7, 11) is 0. The van der Waals surface area contributed by atoms with Gasteiger partial charge in [0.1, 0.15) is 11.3 Å². The summed E-state index contributed by atoms with van der Waals surface area (Å²) in [6.07, 6.45) is 14.4. The van der Waals surface area contributed by atoms with E-state index in [0.29, 0.717) is 17.4 Å². The quantitative estimate of drug-likeness (QED) is 0.196. The molecule has 0 radical (unpaired) electrons. The Labute approximate surface area is 257 Å². The molecule has 2 unspecified atom stereocenters. The van der Waals surface area contributed by atoms with Crippen molar-refractivity contribution in [3.05, 3.63) is 143 Å². The van der Waals surface area contributed by atoms with Crippen molar-refractivity contribution in [3.8, 4) is 11.8 Å². The van der Waals surface area contributed by atoms with Crippen LogP contribution in [0.2, 0.25) is 0 Å². The fourth-order valence-corrected chi connectivity index (χ4v) is 8.32. The van der Waals surface area contributed by atoms with Gasteiger partial charge in [0.15, 0.2) is 0 Å². The van der Waals surface area contributed by atoms with Crippen LogP contribution < -0.4 is 0 Å². The van der Waals surface area contributed by atoms with Crippen molar-refractivity contribution in [2.45, 2.75) is 44.4 Å². The lowest BCUT2D eigenvalue weighted by Gasteiger charge is -2.31. The van der Waals surface area contributed by atoms with Gasteiger partial charge in [-0.25, -0.2) is 0 Å². The normalized spacial score (nSPS) is 19.7. The van der Waals surface area contributed by atoms with Crippen LogP contribution in [-0.4, -0.2) is 4.57 Å². The Hall–Kier alpha value is -5.25. The van der Waals surface area contributed by atoms with Crippen LogP contribution in [0, 0.1) is 29.4 Å². The minimum Gasteiger partial charge on any atom is -0.460 e. The first-order chi connectivity index (χ1) is 21.5. The maximum atomic E-state index is 10.0. The zero-order chi connectivity index (χ0) is 29.6. The highest BCUT2D eigenvalue weighted by atomic mass is 16.3. The van der Waals surface area contributed by atoms with E-state index in [9.17, 15) is 5.26 Å². The van der Waals surface area contributed by atoms with E-state index in [1.54, 1.807) is 0 Å². The third kappa shape index (κ3) is 3.39. The molecule has 0 amide bonds. The van der Waals surface area contributed by atoms with Crippen LogP contribution in [0.4, 0.5) is 0 Å². The fraction of sp³-hybridized carbons (Fsp3) is 0.195. The van der Waals surface area contributed by atoms with Gasteiger partial charge < -0.3 is 8.98 Å². The Morgan fingerprint density at radius 3 is 2.82 bits per heavy atom. The molecule has 0 fully saturated rings. The van der Waals surface area contributed by atoms with Gasteiger partial charge in [0.2, 0.25) is 0 Å². The number of hydrogen-bond acceptors (Lipinski definition) is 2. The van der Waals surface area contributed by atoms with E-state index in [4.69, 9.17) is 4.42 Å². The van der Waals surface area contributed by atoms with E-state index in [0.717, 1.165) is 73.8 Å². The molecule has 3 aliphatic rings. The highest BCUT2D eigenvalue weighted by Crippen LogP contribution is 2.56. The Kier molecular flexibility index (Phi) is 5.24. The van der Waals surface area contributed by atoms with Crippen LogP contribution >= 0.6 is 0 Å². The number of furan rings is 1. The number of nitrogens with zero attached hydrogens (tertiary/aromatic N) is 2. The molecule has 4 aromatic carbocycles. The zero-order valence-electron chi connectivity index (χ0n) is 24.8. The van der Waals surface area contributed by atoms with Crippen molar-refractivity contribution >= 4 is 38.3 Å². The average molecular weight is 567 g/mol. The molecular formula is C41H30N2O. The maximum Gasteiger partial charge on any atom is 0.135 e. The van der Waals surface area contributed by atoms with E-state index in [1.807, 2.05) is 18.2 Å². The maximum absolute atomic E-state index is 10.0. The minimum absolute atomic E-state index is 0.0626. The molecule has 2 atom stereocenters. The largest absolute Gasteiger partial charge is 0.460 e. The topological polar surface area (TPSA) is 41.9 Å². The first-order valence-corrected chi connectivity index (χ1v) is 15.5. The van der Waals surface area contributed by atoms with Crippen molar-refractivity contribution < 1.29 is 4.42 Å². The number of allylic oxidation sites excluding steroid dienone is 5. The second-order valence-electron chi connectivity index (χ2n) is 13.0. The molecule has 0 spiro atoms. The van der Waals surface area contributed by atoms with E-state index in [-0.39, 0.29) is 5.41 Å². The molecule has 0 aliphatic heterocycles. The highest BCUT2D eigenvalue weighted by Gasteiger charge is 2.46. The summed E-state index contributed by atoms with van der Waals surface area (Å²) in [4.78, 5) is 0. The lowest BCUT2D eigenvalue weighted by molar-refractivity contribution is 0.347. The Balaban J connectivity index is 1.33. The van der Waals surface area contributed by atoms with Crippen LogP contribution in [-0.2, 0) is 11.8 Å². The zero-order valence-corrected chi connectivity index (χ0v) is 24.8. The van der Waals surface area contributed by atoms with Crippen molar-refractivity contribution in [1.82, 2.24) is 4.57 Å². The summed E-state index contributed by atoms with van der Waals surface area (Å²) < 4.78 is 9.04. The van der Waals surface area contributed by atoms with E-state index in [2.05, 4.69) is 116 Å². The van der Waals surface area contributed by atoms with Gasteiger partial charge in [-0.3, -0.25) is 0 Å². The summed E-state index contributed by atoms with van der Waals surface area (Å²) in [5, 5.41) is 13.4. The van der Waals surface area contributed by atoms with Crippen molar-refractivity contribution in [2.75, 3.05) is 0 Å². The predicted octanol–water partition coefficient (Wildman–Crippen LogP) is 9.89. The fourth-order valence-electron chi connectivity index (χ4n) is 8.32. The van der Waals surface area contributed by atoms with E-state index in [1.165, 1.54) is 17.5 Å². The second-order valence-corrected chi connectivity index (χ2v) is 13.0. The first kappa shape index (κ1) is 25.3. The van der Waals surface area contributed by atoms with Crippen molar-refractivity contribution in [3.63, 3.8) is 0 Å². The molecule has 0 bridgehead atoms. The number of hydrogen-bond donors (Lipinski definition) is 0. The van der Waals surface area contributed by atoms with Gasteiger partial charge in [0.05, 0.1) is 33.7 Å². The molecule has 3 nitrogen and oxygen atoms in total. The summed E-state index contributed by atoms with van der Waals surface area (Å²) in [5.41, 5.74) is 10.9. The van der Waals surface area contributed by atoms with Crippen LogP contribution in [0.3, 0.4) is 0 Å². The molecule has 9 rings (SSSR count). The minimum atomic E-state index is 0.0626. The smallest absolute Gasteiger partial charge is 0.135 e. The lowest BCUT2D eigenvalue weighted by atomic mass is 9.73. The second kappa shape index (κ2) is 9.12. The number of para-hydroxylation sites is 1. The number of fused-ring (bicyclic) bond motifs is 9. The van der Waals surface area contributed by atoms with Crippen molar-refractivity contribution in [2.24, 2.45) is 5.92 Å². The SMILES string of the molecule is CC1(C)c2cc3oc4c(c3cc2C2CCC=CC21)C(c1cc(C#N)ccc1-n1c2ccc#cc2c2ccccc21)=CC=CC4. The van der Waals surface area contributed by atoms with Gasteiger partial charge in [-0.2, -0.15) is 5.26 Å². The van der Waals surface area contributed by atoms with Gasteiger partial charge in [0.25, 0.3) is 0 Å². The van der Waals surface area contributed by atoms with Gasteiger partial charge >= 0.3 is 0 Å². The number of rotatable bonds is 2. The molecule has 3 aliphatic carbocycles. The summed E-state index contributed by atoms with van der Waals surface area (Å²) >= 11 is 0. The summed E-state index contributed by atoms with van der Waals surface area (Å²) in [5.74, 6) is 2.01. The van der Waals surface area contributed by atoms with Gasteiger partial charge in [-0.1, -0.05) is 74.6 Å². The van der Waals surface area contributed by atoms with E-state index < -0.39 is 0 Å². The monoisotopic (exact) mass is 566 g/mol. The molecule has 2 aromatic heterocycles. The standard InChI is InChI=1S/C41H30N2O/c1-41(2)33-15-7-3-11-26(33)30-22-32-39(23-34(30)41)44-38-18-10-6-14-29(40(32)38)31-21-25(24-42)19-20-37(31)43-35-16-8-4-12-27(35)28-13-5-9-17-36(28)43/h4,6-10,12,14-17,19-23,26,33H,3,11,18H2,1-2H3. The molecule has 6 aromatic rings. The van der Waals surface area contributed by atoms with Crippen LogP contribution in [0.25, 0.3) is 44.0 Å². The molecule has 44 heavy (non-hydrogen) atoms. The van der Waals surface area contributed by atoms with Gasteiger partial charge in [-0.15, -0.1) is 0 Å². The molecular weight excluding hydrogens is 536 g/mol. The number of benzene rings is 3. The molecule has 0 saturated carbocycles. The van der Waals surface area contributed by atoms with Crippen LogP contribution in [0.5, 0.6) is 0 Å². The Morgan fingerprint density at radius 2 is 1.91 bits per heavy atom. The molecule has 2 heterocycles. The predicted molar refractivity (Wildman–Crippen MR) is 177 cm³/mol. The van der Waals surface area contributed by atoms with Gasteiger partial charge in [-0.05, 0) is 95.3 Å². The van der Waals surface area contributed by atoms with Gasteiger partial charge in [0, 0.05) is 28.3 Å². The summed E-state index contributed by atoms with van der Waals surface area (Å²) in [6.45, 7) is 4.78. The number of nitriles is 1. The Morgan fingerprint density at radius 1 is 1.00 bits per heavy atom. The number of aromatic nitrogens is 1. The van der Waals surface area contributed by atoms with Crippen molar-refractivity contribution in [1.29, 1.82) is 5.26 Å². The first-order valence-electron chi connectivity index (χ1n) is 15.5. The third-order valence-corrected chi connectivity index (χ3v) is 10.3. The lowest BCUT2D eigenvalue weighted by Crippen LogP contribution is -2.25. The molecule has 0 N–H and O–H groups in total. The molecule has 210 valence electrons. The average Bonchev–Trinajstić information content (AvgIpc) is 3.59. The van der Waals surface area contributed by atoms with Crippen LogP contribution in [0.1, 0.15) is 66.2 Å². The van der Waals surface area contributed by atoms with Crippen LogP contribution in [0.15, 0.2) is 102 Å². The molecule has 0 saturated heterocycles. The Bertz CT molecular complexity index is 2260. The molecule has 3 heteroatoms. The third-order valence-electron chi connectivity index (χ3n) is 10.3. The summed E-state index contributed by atoms with van der Waals surface area (Å²) in [6, 6.07) is 32.2.